The lowest BCUT2D eigenvalue weighted by atomic mass is 10.2. The van der Waals surface area contributed by atoms with E-state index in [1.54, 1.807) is 10.4 Å². The number of hydrogen-bond acceptors (Lipinski definition) is 0. The van der Waals surface area contributed by atoms with Crippen LogP contribution in [0.25, 0.3) is 6.08 Å². The molecule has 2 aromatic rings. The second-order valence-corrected chi connectivity index (χ2v) is 28.7. The third kappa shape index (κ3) is 2.46. The van der Waals surface area contributed by atoms with Crippen LogP contribution in [-0.4, -0.2) is 23.3 Å². The molecule has 3 rings (SSSR count). The monoisotopic (exact) mass is 352 g/mol. The molecule has 0 radical (unpaired) electrons. The highest BCUT2D eigenvalue weighted by molar-refractivity contribution is 7.57. The van der Waals surface area contributed by atoms with Crippen LogP contribution < -0.4 is 10.4 Å². The molecule has 23 heavy (non-hydrogen) atoms. The van der Waals surface area contributed by atoms with Crippen LogP contribution in [0.3, 0.4) is 0 Å². The van der Waals surface area contributed by atoms with Crippen LogP contribution in [0.4, 0.5) is 0 Å². The molecule has 0 N–H and O–H groups in total. The van der Waals surface area contributed by atoms with E-state index in [0.29, 0.717) is 0 Å². The van der Waals surface area contributed by atoms with Gasteiger partial charge in [0.1, 0.15) is 7.59 Å². The van der Waals surface area contributed by atoms with E-state index in [4.69, 9.17) is 0 Å². The van der Waals surface area contributed by atoms with Gasteiger partial charge < -0.3 is 0 Å². The molecule has 0 bridgehead atoms. The molecule has 0 nitrogen and oxygen atoms in total. The van der Waals surface area contributed by atoms with E-state index in [1.807, 2.05) is 4.82 Å². The summed E-state index contributed by atoms with van der Waals surface area (Å²) in [5, 5.41) is 3.32. The third-order valence-electron chi connectivity index (χ3n) is 5.21. The molecule has 0 saturated carbocycles. The van der Waals surface area contributed by atoms with E-state index in [0.717, 1.165) is 0 Å². The maximum absolute atomic E-state index is 2.60. The Morgan fingerprint density at radius 2 is 1.26 bits per heavy atom. The second-order valence-electron chi connectivity index (χ2n) is 8.76. The minimum Gasteiger partial charge on any atom is -0.0837 e. The fraction of sp³-hybridized carbons (Fsp3) is 0.300. The molecule has 1 aliphatic rings. The van der Waals surface area contributed by atoms with E-state index >= 15 is 0 Å². The Balaban J connectivity index is 2.44. The van der Waals surface area contributed by atoms with Crippen molar-refractivity contribution in [1.82, 2.24) is 0 Å². The molecular weight excluding hydrogens is 324 g/mol. The lowest BCUT2D eigenvalue weighted by Gasteiger charge is -2.46. The number of benzene rings is 2. The van der Waals surface area contributed by atoms with E-state index in [2.05, 4.69) is 100.0 Å². The summed E-state index contributed by atoms with van der Waals surface area (Å²) in [5.74, 6) is 0. The van der Waals surface area contributed by atoms with Gasteiger partial charge in [-0.15, -0.1) is 0 Å². The summed E-state index contributed by atoms with van der Waals surface area (Å²) in [5.41, 5.74) is 1.50. The Kier molecular flexibility index (Phi) is 3.94. The van der Waals surface area contributed by atoms with Crippen LogP contribution in [0.2, 0.25) is 39.3 Å². The Labute approximate surface area is 144 Å². The van der Waals surface area contributed by atoms with Gasteiger partial charge in [0.2, 0.25) is 0 Å². The van der Waals surface area contributed by atoms with Crippen LogP contribution in [0.15, 0.2) is 59.4 Å². The average molecular weight is 353 g/mol. The molecule has 1 aliphatic heterocycles. The summed E-state index contributed by atoms with van der Waals surface area (Å²) in [6, 6.07) is 20.7. The molecule has 0 saturated heterocycles. The predicted molar refractivity (Wildman–Crippen MR) is 113 cm³/mol. The zero-order valence-corrected chi connectivity index (χ0v) is 18.3. The number of hydrogen-bond donors (Lipinski definition) is 0. The molecule has 0 spiro atoms. The van der Waals surface area contributed by atoms with Crippen LogP contribution >= 0.6 is 0 Å². The zero-order valence-electron chi connectivity index (χ0n) is 15.3. The fourth-order valence-electron chi connectivity index (χ4n) is 4.39. The van der Waals surface area contributed by atoms with Gasteiger partial charge in [-0.3, -0.25) is 0 Å². The van der Waals surface area contributed by atoms with Crippen LogP contribution in [0.1, 0.15) is 5.56 Å². The first-order chi connectivity index (χ1) is 10.7. The number of fused-ring (bicyclic) bond motifs is 1. The third-order valence-corrected chi connectivity index (χ3v) is 26.0. The lowest BCUT2D eigenvalue weighted by molar-refractivity contribution is 1.68. The molecule has 0 aliphatic carbocycles. The van der Waals surface area contributed by atoms with Gasteiger partial charge in [-0.05, 0) is 10.8 Å². The first-order valence-corrected chi connectivity index (χ1v) is 18.6. The van der Waals surface area contributed by atoms with Crippen molar-refractivity contribution in [3.8, 4) is 0 Å². The molecule has 1 atom stereocenters. The molecule has 0 aromatic heterocycles. The SMILES string of the molecule is C[Si](C)(C)C1=Cc2ccccc2[Si]1(c1ccccc1)[Si](C)(C)C. The Morgan fingerprint density at radius 1 is 0.696 bits per heavy atom. The first-order valence-electron chi connectivity index (χ1n) is 8.57. The van der Waals surface area contributed by atoms with Gasteiger partial charge in [-0.2, -0.15) is 0 Å². The quantitative estimate of drug-likeness (QED) is 0.715. The summed E-state index contributed by atoms with van der Waals surface area (Å²) in [6.07, 6.45) is 2.60. The summed E-state index contributed by atoms with van der Waals surface area (Å²) in [6.45, 7) is 15.4. The largest absolute Gasteiger partial charge is 0.132 e. The molecular formula is C20H28Si3. The van der Waals surface area contributed by atoms with Crippen molar-refractivity contribution in [3.63, 3.8) is 0 Å². The molecule has 1 unspecified atom stereocenters. The minimum atomic E-state index is -1.83. The van der Waals surface area contributed by atoms with Gasteiger partial charge in [0.15, 0.2) is 0 Å². The van der Waals surface area contributed by atoms with Crippen molar-refractivity contribution in [2.24, 2.45) is 0 Å². The van der Waals surface area contributed by atoms with E-state index < -0.39 is 23.3 Å². The predicted octanol–water partition coefficient (Wildman–Crippen LogP) is 4.48. The molecule has 0 amide bonds. The highest BCUT2D eigenvalue weighted by Gasteiger charge is 2.56. The van der Waals surface area contributed by atoms with E-state index in [1.165, 1.54) is 5.56 Å². The van der Waals surface area contributed by atoms with Crippen molar-refractivity contribution in [3.05, 3.63) is 65.0 Å². The van der Waals surface area contributed by atoms with Gasteiger partial charge in [0.25, 0.3) is 0 Å². The second kappa shape index (κ2) is 5.43. The molecule has 2 aromatic carbocycles. The summed E-state index contributed by atoms with van der Waals surface area (Å²) in [7, 11) is -4.66. The highest BCUT2D eigenvalue weighted by Crippen LogP contribution is 2.38. The maximum Gasteiger partial charge on any atom is 0.132 e. The summed E-state index contributed by atoms with van der Waals surface area (Å²) in [4.78, 5) is 1.86. The van der Waals surface area contributed by atoms with Crippen LogP contribution in [0, 0.1) is 0 Å². The fourth-order valence-corrected chi connectivity index (χ4v) is 31.3. The van der Waals surface area contributed by atoms with Crippen molar-refractivity contribution >= 4 is 39.7 Å². The van der Waals surface area contributed by atoms with Crippen molar-refractivity contribution < 1.29 is 0 Å². The van der Waals surface area contributed by atoms with E-state index in [-0.39, 0.29) is 0 Å². The molecule has 120 valence electrons. The van der Waals surface area contributed by atoms with Crippen molar-refractivity contribution in [2.45, 2.75) is 39.3 Å². The summed E-state index contributed by atoms with van der Waals surface area (Å²) >= 11 is 0. The first kappa shape index (κ1) is 16.7. The van der Waals surface area contributed by atoms with Gasteiger partial charge in [-0.25, -0.2) is 0 Å². The summed E-state index contributed by atoms with van der Waals surface area (Å²) < 4.78 is 0. The minimum absolute atomic E-state index is 1.39. The van der Waals surface area contributed by atoms with Crippen LogP contribution in [-0.2, 0) is 0 Å². The van der Waals surface area contributed by atoms with Gasteiger partial charge >= 0.3 is 0 Å². The van der Waals surface area contributed by atoms with E-state index in [9.17, 15) is 0 Å². The van der Waals surface area contributed by atoms with Crippen molar-refractivity contribution in [1.29, 1.82) is 0 Å². The van der Waals surface area contributed by atoms with Gasteiger partial charge in [0, 0.05) is 0 Å². The molecule has 3 heteroatoms. The normalized spacial score (nSPS) is 21.0. The average Bonchev–Trinajstić information content (AvgIpc) is 2.84. The molecule has 0 fully saturated rings. The lowest BCUT2D eigenvalue weighted by Crippen LogP contribution is -2.75. The smallest absolute Gasteiger partial charge is 0.0837 e. The standard InChI is InChI=1S/C20H28Si3/c1-21(2,3)20-16-17-12-10-11-15-19(17)23(20,22(4,5)6)18-13-8-7-9-14-18/h7-16H,1-6H3. The van der Waals surface area contributed by atoms with Gasteiger partial charge in [-0.1, -0.05) is 110 Å². The van der Waals surface area contributed by atoms with Crippen molar-refractivity contribution in [2.75, 3.05) is 0 Å². The molecule has 1 heterocycles. The van der Waals surface area contributed by atoms with Crippen LogP contribution in [0.5, 0.6) is 0 Å². The zero-order chi connectivity index (χ0) is 16.9. The Bertz CT molecular complexity index is 748. The Morgan fingerprint density at radius 3 is 1.83 bits per heavy atom. The number of rotatable bonds is 3. The topological polar surface area (TPSA) is 0 Å². The van der Waals surface area contributed by atoms with Gasteiger partial charge in [0.05, 0.1) is 15.7 Å². The Hall–Kier alpha value is -1.17. The highest BCUT2D eigenvalue weighted by atomic mass is 29.3. The maximum atomic E-state index is 2.60.